The van der Waals surface area contributed by atoms with Crippen molar-refractivity contribution in [3.63, 3.8) is 0 Å². The summed E-state index contributed by atoms with van der Waals surface area (Å²) in [5, 5.41) is 11.8. The first-order valence-electron chi connectivity index (χ1n) is 16.4. The number of nitrogens with one attached hydrogen (secondary N) is 1. The number of aliphatic hydroxyl groups excluding tert-OH is 1. The van der Waals surface area contributed by atoms with Crippen LogP contribution in [0.2, 0.25) is 34.8 Å². The fourth-order valence-corrected chi connectivity index (χ4v) is 12.6. The van der Waals surface area contributed by atoms with Crippen LogP contribution < -0.4 is 5.43 Å². The summed E-state index contributed by atoms with van der Waals surface area (Å²) in [7, 11) is -4.84. The van der Waals surface area contributed by atoms with E-state index in [0.717, 1.165) is 16.1 Å². The first-order valence-corrected chi connectivity index (χ1v) is 21.4. The van der Waals surface area contributed by atoms with Gasteiger partial charge in [0.05, 0.1) is 19.3 Å². The molecule has 2 amide bonds. The molecule has 0 saturated heterocycles. The summed E-state index contributed by atoms with van der Waals surface area (Å²) in [5.74, 6) is 0. The number of nitrogens with zero attached hydrogens (tertiary/aromatic N) is 1. The van der Waals surface area contributed by atoms with Gasteiger partial charge >= 0.3 is 12.2 Å². The largest absolute Gasteiger partial charge is 0.443 e. The van der Waals surface area contributed by atoms with Crippen LogP contribution in [0.25, 0.3) is 0 Å². The predicted octanol–water partition coefficient (Wildman–Crippen LogP) is 8.41. The zero-order valence-electron chi connectivity index (χ0n) is 29.8. The topological polar surface area (TPSA) is 107 Å². The molecule has 0 aromatic heterocycles. The molecule has 2 N–H and O–H groups in total. The van der Waals surface area contributed by atoms with Gasteiger partial charge in [0.2, 0.25) is 0 Å². The molecule has 2 aromatic rings. The van der Waals surface area contributed by atoms with Gasteiger partial charge in [-0.15, -0.1) is 0 Å². The van der Waals surface area contributed by atoms with Gasteiger partial charge in [0.15, 0.2) is 16.6 Å². The Hall–Kier alpha value is -2.71. The maximum atomic E-state index is 13.8. The fourth-order valence-electron chi connectivity index (χ4n) is 5.78. The highest BCUT2D eigenvalue weighted by atomic mass is 28.4. The number of amides is 2. The van der Waals surface area contributed by atoms with Crippen molar-refractivity contribution in [2.45, 2.75) is 122 Å². The van der Waals surface area contributed by atoms with Crippen LogP contribution in [0.3, 0.4) is 0 Å². The summed E-state index contributed by atoms with van der Waals surface area (Å²) in [4.78, 5) is 26.9. The smallest absolute Gasteiger partial charge is 0.429 e. The Balaban J connectivity index is 2.50. The third kappa shape index (κ3) is 10.7. The van der Waals surface area contributed by atoms with E-state index in [1.54, 1.807) is 0 Å². The molecule has 0 unspecified atom stereocenters. The molecule has 0 aliphatic carbocycles. The number of carbonyl (C=O) groups is 2. The van der Waals surface area contributed by atoms with Crippen molar-refractivity contribution in [1.82, 2.24) is 10.4 Å². The summed E-state index contributed by atoms with van der Waals surface area (Å²) < 4.78 is 25.1. The highest BCUT2D eigenvalue weighted by Crippen LogP contribution is 2.43. The lowest BCUT2D eigenvalue weighted by molar-refractivity contribution is -0.0263. The van der Waals surface area contributed by atoms with E-state index in [1.165, 1.54) is 0 Å². The molecule has 0 heterocycles. The summed E-state index contributed by atoms with van der Waals surface area (Å²) >= 11 is 0. The Morgan fingerprint density at radius 3 is 1.67 bits per heavy atom. The fraction of sp³-hybridized carbons (Fsp3) is 0.600. The molecule has 0 aliphatic heterocycles. The van der Waals surface area contributed by atoms with Gasteiger partial charge in [-0.25, -0.2) is 20.0 Å². The van der Waals surface area contributed by atoms with Crippen LogP contribution in [0, 0.1) is 0 Å². The van der Waals surface area contributed by atoms with Crippen LogP contribution >= 0.6 is 0 Å². The summed E-state index contributed by atoms with van der Waals surface area (Å²) in [6, 6.07) is 17.5. The number of hydrazine groups is 1. The van der Waals surface area contributed by atoms with Crippen molar-refractivity contribution in [3.8, 4) is 0 Å². The van der Waals surface area contributed by atoms with Crippen molar-refractivity contribution in [3.05, 3.63) is 71.8 Å². The Kier molecular flexibility index (Phi) is 15.0. The second kappa shape index (κ2) is 17.4. The average molecular weight is 675 g/mol. The zero-order valence-corrected chi connectivity index (χ0v) is 31.8. The molecule has 2 atom stereocenters. The highest BCUT2D eigenvalue weighted by Gasteiger charge is 2.48. The lowest BCUT2D eigenvalue weighted by Crippen LogP contribution is -2.62. The molecule has 0 spiro atoms. The van der Waals surface area contributed by atoms with Crippen LogP contribution in [0.4, 0.5) is 9.59 Å². The standard InChI is InChI=1S/C35H58N2O7Si2/c1-26(2)46(27(3)4,28(5)6)43-25-32(44-45(10,11)35(7,8)9)31(22-38)37(34(40)42-24-30-20-16-13-17-21-30)36-33(39)41-23-29-18-14-12-15-19-29/h12-21,26-28,31-32,38H,22-25H2,1-11H3,(H,36,39)/t31-,32-/m0/s1. The van der Waals surface area contributed by atoms with Crippen molar-refractivity contribution in [2.24, 2.45) is 0 Å². The van der Waals surface area contributed by atoms with Crippen molar-refractivity contribution >= 4 is 28.8 Å². The van der Waals surface area contributed by atoms with E-state index in [-0.39, 0.29) is 24.9 Å². The first-order chi connectivity index (χ1) is 21.5. The van der Waals surface area contributed by atoms with Gasteiger partial charge in [-0.05, 0) is 45.9 Å². The molecule has 0 aliphatic rings. The number of aliphatic hydroxyl groups is 1. The van der Waals surface area contributed by atoms with Gasteiger partial charge < -0.3 is 23.4 Å². The second-order valence-corrected chi connectivity index (χ2v) is 24.6. The maximum Gasteiger partial charge on any atom is 0.429 e. The molecule has 9 nitrogen and oxygen atoms in total. The van der Waals surface area contributed by atoms with Crippen LogP contribution in [0.15, 0.2) is 60.7 Å². The molecule has 46 heavy (non-hydrogen) atoms. The Morgan fingerprint density at radius 2 is 1.26 bits per heavy atom. The third-order valence-electron chi connectivity index (χ3n) is 9.23. The van der Waals surface area contributed by atoms with Gasteiger partial charge in [-0.3, -0.25) is 0 Å². The lowest BCUT2D eigenvalue weighted by atomic mass is 10.2. The Labute approximate surface area is 279 Å². The van der Waals surface area contributed by atoms with Crippen LogP contribution in [-0.4, -0.2) is 64.3 Å². The van der Waals surface area contributed by atoms with Crippen molar-refractivity contribution < 1.29 is 33.0 Å². The Bertz CT molecular complexity index is 1180. The minimum atomic E-state index is -2.47. The summed E-state index contributed by atoms with van der Waals surface area (Å²) in [6.07, 6.45) is -2.47. The number of hydrogen-bond acceptors (Lipinski definition) is 7. The summed E-state index contributed by atoms with van der Waals surface area (Å²) in [6.45, 7) is 23.5. The lowest BCUT2D eigenvalue weighted by Gasteiger charge is -2.46. The predicted molar refractivity (Wildman–Crippen MR) is 188 cm³/mol. The van der Waals surface area contributed by atoms with E-state index in [9.17, 15) is 14.7 Å². The maximum absolute atomic E-state index is 13.8. The molecule has 258 valence electrons. The zero-order chi connectivity index (χ0) is 34.7. The number of carbonyl (C=O) groups excluding carboxylic acids is 2. The highest BCUT2D eigenvalue weighted by molar-refractivity contribution is 6.77. The SMILES string of the molecule is CC(C)[Si](OC[C@H](O[Si](C)(C)C(C)(C)C)[C@H](CO)N(NC(=O)OCc1ccccc1)C(=O)OCc1ccccc1)(C(C)C)C(C)C. The minimum Gasteiger partial charge on any atom is -0.443 e. The second-order valence-electron chi connectivity index (χ2n) is 14.4. The average Bonchev–Trinajstić information content (AvgIpc) is 2.98. The number of benzene rings is 2. The first kappa shape index (κ1) is 39.5. The van der Waals surface area contributed by atoms with Crippen LogP contribution in [0.5, 0.6) is 0 Å². The molecule has 0 radical (unpaired) electrons. The van der Waals surface area contributed by atoms with Gasteiger partial charge in [0.1, 0.15) is 19.3 Å². The van der Waals surface area contributed by atoms with Gasteiger partial charge in [-0.1, -0.05) is 123 Å². The number of ether oxygens (including phenoxy) is 2. The number of hydrogen-bond donors (Lipinski definition) is 2. The molecule has 0 fully saturated rings. The van der Waals surface area contributed by atoms with Crippen LogP contribution in [0.1, 0.15) is 73.4 Å². The van der Waals surface area contributed by atoms with Gasteiger partial charge in [0, 0.05) is 0 Å². The van der Waals surface area contributed by atoms with Gasteiger partial charge in [-0.2, -0.15) is 0 Å². The molecular formula is C35H58N2O7Si2. The molecule has 11 heteroatoms. The molecule has 0 bridgehead atoms. The van der Waals surface area contributed by atoms with E-state index in [0.29, 0.717) is 16.6 Å². The molecule has 2 rings (SSSR count). The quantitative estimate of drug-likeness (QED) is 0.144. The number of rotatable bonds is 15. The van der Waals surface area contributed by atoms with Crippen molar-refractivity contribution in [2.75, 3.05) is 13.2 Å². The minimum absolute atomic E-state index is 0.00165. The van der Waals surface area contributed by atoms with E-state index >= 15 is 0 Å². The molecule has 2 aromatic carbocycles. The third-order valence-corrected chi connectivity index (χ3v) is 19.8. The summed E-state index contributed by atoms with van der Waals surface area (Å²) in [5.41, 5.74) is 5.08. The van der Waals surface area contributed by atoms with Crippen molar-refractivity contribution in [1.29, 1.82) is 0 Å². The molecule has 0 saturated carbocycles. The Morgan fingerprint density at radius 1 is 0.804 bits per heavy atom. The monoisotopic (exact) mass is 674 g/mol. The van der Waals surface area contributed by atoms with Crippen LogP contribution in [-0.2, 0) is 31.5 Å². The van der Waals surface area contributed by atoms with E-state index < -0.39 is 47.6 Å². The van der Waals surface area contributed by atoms with E-state index in [2.05, 4.69) is 80.8 Å². The van der Waals surface area contributed by atoms with Gasteiger partial charge in [0.25, 0.3) is 0 Å². The normalized spacial score (nSPS) is 13.9. The van der Waals surface area contributed by atoms with E-state index in [4.69, 9.17) is 18.3 Å². The molecular weight excluding hydrogens is 617 g/mol. The van der Waals surface area contributed by atoms with E-state index in [1.807, 2.05) is 60.7 Å².